The maximum absolute atomic E-state index is 12.9. The van der Waals surface area contributed by atoms with Gasteiger partial charge in [-0.2, -0.15) is 10.1 Å². The highest BCUT2D eigenvalue weighted by atomic mass is 19.1. The minimum atomic E-state index is -0.228. The first-order valence-electron chi connectivity index (χ1n) is 8.28. The summed E-state index contributed by atoms with van der Waals surface area (Å²) in [5.74, 6) is 1.68. The number of ether oxygens (including phenoxy) is 1. The highest BCUT2D eigenvalue weighted by molar-refractivity contribution is 5.38. The fourth-order valence-electron chi connectivity index (χ4n) is 2.37. The van der Waals surface area contributed by atoms with E-state index in [1.807, 2.05) is 24.3 Å². The van der Waals surface area contributed by atoms with Gasteiger partial charge >= 0.3 is 0 Å². The summed E-state index contributed by atoms with van der Waals surface area (Å²) in [4.78, 5) is 4.39. The van der Waals surface area contributed by atoms with Gasteiger partial charge in [0.25, 0.3) is 0 Å². The first-order chi connectivity index (χ1) is 12.7. The Labute approximate surface area is 151 Å². The Kier molecular flexibility index (Phi) is 5.92. The highest BCUT2D eigenvalue weighted by Crippen LogP contribution is 2.12. The molecule has 3 rings (SSSR count). The van der Waals surface area contributed by atoms with E-state index in [9.17, 15) is 4.39 Å². The Bertz CT molecular complexity index is 824. The third-order valence-electron chi connectivity index (χ3n) is 3.80. The van der Waals surface area contributed by atoms with E-state index in [1.54, 1.807) is 25.4 Å². The lowest BCUT2D eigenvalue weighted by molar-refractivity contribution is 0.414. The molecule has 0 bridgehead atoms. The van der Waals surface area contributed by atoms with E-state index in [0.717, 1.165) is 23.3 Å². The molecule has 7 heteroatoms. The molecule has 2 N–H and O–H groups in total. The van der Waals surface area contributed by atoms with Gasteiger partial charge in [-0.3, -0.25) is 0 Å². The normalized spacial score (nSPS) is 10.4. The maximum Gasteiger partial charge on any atom is 0.244 e. The molecule has 0 radical (unpaired) electrons. The Balaban J connectivity index is 1.49. The molecule has 0 amide bonds. The van der Waals surface area contributed by atoms with Crippen molar-refractivity contribution in [2.24, 2.45) is 0 Å². The number of nitrogens with zero attached hydrogens (tertiary/aromatic N) is 3. The van der Waals surface area contributed by atoms with Crippen LogP contribution in [-0.4, -0.2) is 28.8 Å². The van der Waals surface area contributed by atoms with Crippen molar-refractivity contribution < 1.29 is 9.13 Å². The number of halogens is 1. The van der Waals surface area contributed by atoms with E-state index in [4.69, 9.17) is 4.74 Å². The van der Waals surface area contributed by atoms with Crippen molar-refractivity contribution in [1.29, 1.82) is 0 Å². The molecule has 0 aliphatic rings. The summed E-state index contributed by atoms with van der Waals surface area (Å²) >= 11 is 0. The molecule has 2 aromatic carbocycles. The van der Waals surface area contributed by atoms with Gasteiger partial charge in [0.15, 0.2) is 5.82 Å². The van der Waals surface area contributed by atoms with E-state index in [0.29, 0.717) is 24.9 Å². The second kappa shape index (κ2) is 8.75. The van der Waals surface area contributed by atoms with Crippen molar-refractivity contribution in [3.8, 4) is 5.75 Å². The predicted molar refractivity (Wildman–Crippen MR) is 98.7 cm³/mol. The first-order valence-corrected chi connectivity index (χ1v) is 8.28. The molecule has 26 heavy (non-hydrogen) atoms. The molecule has 0 fully saturated rings. The topological polar surface area (TPSA) is 72.0 Å². The van der Waals surface area contributed by atoms with E-state index in [-0.39, 0.29) is 5.82 Å². The first kappa shape index (κ1) is 17.6. The molecule has 3 aromatic rings. The van der Waals surface area contributed by atoms with Crippen molar-refractivity contribution in [3.05, 3.63) is 71.7 Å². The fourth-order valence-corrected chi connectivity index (χ4v) is 2.37. The lowest BCUT2D eigenvalue weighted by Gasteiger charge is -2.08. The van der Waals surface area contributed by atoms with E-state index in [1.165, 1.54) is 12.1 Å². The van der Waals surface area contributed by atoms with Crippen LogP contribution in [0.25, 0.3) is 0 Å². The van der Waals surface area contributed by atoms with E-state index >= 15 is 0 Å². The summed E-state index contributed by atoms with van der Waals surface area (Å²) in [6.07, 6.45) is 2.34. The quantitative estimate of drug-likeness (QED) is 0.647. The zero-order valence-corrected chi connectivity index (χ0v) is 14.4. The standard InChI is InChI=1S/C19H20FN5O/c1-26-17-8-4-15(5-9-17)12-22-19-24-18(13-23-25-19)21-11-10-14-2-6-16(20)7-3-14/h2-9,13H,10-12H2,1H3,(H2,21,22,24,25). The van der Waals surface area contributed by atoms with Crippen LogP contribution in [0, 0.1) is 5.82 Å². The molecule has 0 aliphatic heterocycles. The minimum absolute atomic E-state index is 0.228. The number of aromatic nitrogens is 3. The second-order valence-corrected chi connectivity index (χ2v) is 5.67. The average Bonchev–Trinajstić information content (AvgIpc) is 2.69. The van der Waals surface area contributed by atoms with Gasteiger partial charge in [-0.1, -0.05) is 24.3 Å². The highest BCUT2D eigenvalue weighted by Gasteiger charge is 2.02. The summed E-state index contributed by atoms with van der Waals surface area (Å²) in [6, 6.07) is 14.2. The van der Waals surface area contributed by atoms with Crippen LogP contribution in [0.1, 0.15) is 11.1 Å². The van der Waals surface area contributed by atoms with Crippen LogP contribution in [0.2, 0.25) is 0 Å². The van der Waals surface area contributed by atoms with Crippen LogP contribution < -0.4 is 15.4 Å². The molecule has 0 aliphatic carbocycles. The Morgan fingerprint density at radius 2 is 1.69 bits per heavy atom. The summed E-state index contributed by atoms with van der Waals surface area (Å²) in [5, 5.41) is 14.3. The van der Waals surface area contributed by atoms with Gasteiger partial charge in [-0.05, 0) is 41.8 Å². The van der Waals surface area contributed by atoms with Gasteiger partial charge in [0.1, 0.15) is 11.6 Å². The summed E-state index contributed by atoms with van der Waals surface area (Å²) in [6.45, 7) is 1.26. The van der Waals surface area contributed by atoms with Gasteiger partial charge in [0.2, 0.25) is 5.95 Å². The molecular weight excluding hydrogens is 333 g/mol. The van der Waals surface area contributed by atoms with Crippen LogP contribution in [0.15, 0.2) is 54.7 Å². The SMILES string of the molecule is COc1ccc(CNc2nncc(NCCc3ccc(F)cc3)n2)cc1. The van der Waals surface area contributed by atoms with Crippen LogP contribution in [0.3, 0.4) is 0 Å². The molecule has 134 valence electrons. The van der Waals surface area contributed by atoms with Crippen molar-refractivity contribution in [3.63, 3.8) is 0 Å². The smallest absolute Gasteiger partial charge is 0.244 e. The maximum atomic E-state index is 12.9. The molecule has 1 heterocycles. The third kappa shape index (κ3) is 5.14. The second-order valence-electron chi connectivity index (χ2n) is 5.67. The van der Waals surface area contributed by atoms with Crippen LogP contribution in [0.4, 0.5) is 16.2 Å². The molecule has 6 nitrogen and oxygen atoms in total. The van der Waals surface area contributed by atoms with Crippen molar-refractivity contribution in [2.45, 2.75) is 13.0 Å². The van der Waals surface area contributed by atoms with Crippen molar-refractivity contribution in [1.82, 2.24) is 15.2 Å². The van der Waals surface area contributed by atoms with Crippen LogP contribution >= 0.6 is 0 Å². The van der Waals surface area contributed by atoms with Gasteiger partial charge in [-0.15, -0.1) is 5.10 Å². The summed E-state index contributed by atoms with van der Waals surface area (Å²) < 4.78 is 18.0. The molecular formula is C19H20FN5O. The number of hydrogen-bond donors (Lipinski definition) is 2. The van der Waals surface area contributed by atoms with Gasteiger partial charge in [0.05, 0.1) is 13.3 Å². The largest absolute Gasteiger partial charge is 0.497 e. The van der Waals surface area contributed by atoms with E-state index in [2.05, 4.69) is 25.8 Å². The average molecular weight is 353 g/mol. The zero-order chi connectivity index (χ0) is 18.2. The molecule has 0 atom stereocenters. The third-order valence-corrected chi connectivity index (χ3v) is 3.80. The Morgan fingerprint density at radius 1 is 0.962 bits per heavy atom. The Hall–Kier alpha value is -3.22. The monoisotopic (exact) mass is 353 g/mol. The lowest BCUT2D eigenvalue weighted by Crippen LogP contribution is -2.10. The van der Waals surface area contributed by atoms with Crippen molar-refractivity contribution in [2.75, 3.05) is 24.3 Å². The molecule has 0 saturated heterocycles. The predicted octanol–water partition coefficient (Wildman–Crippen LogP) is 3.29. The lowest BCUT2D eigenvalue weighted by atomic mass is 10.1. The van der Waals surface area contributed by atoms with Crippen LogP contribution in [0.5, 0.6) is 5.75 Å². The Morgan fingerprint density at radius 3 is 2.42 bits per heavy atom. The number of rotatable bonds is 8. The molecule has 0 spiro atoms. The number of hydrogen-bond acceptors (Lipinski definition) is 6. The minimum Gasteiger partial charge on any atom is -0.497 e. The number of nitrogens with one attached hydrogen (secondary N) is 2. The summed E-state index contributed by atoms with van der Waals surface area (Å²) in [7, 11) is 1.64. The number of methoxy groups -OCH3 is 1. The molecule has 0 saturated carbocycles. The fraction of sp³-hybridized carbons (Fsp3) is 0.211. The number of anilines is 2. The van der Waals surface area contributed by atoms with Crippen LogP contribution in [-0.2, 0) is 13.0 Å². The molecule has 0 unspecified atom stereocenters. The van der Waals surface area contributed by atoms with Crippen molar-refractivity contribution >= 4 is 11.8 Å². The summed E-state index contributed by atoms with van der Waals surface area (Å²) in [5.41, 5.74) is 2.14. The molecule has 1 aromatic heterocycles. The van der Waals surface area contributed by atoms with Gasteiger partial charge in [-0.25, -0.2) is 4.39 Å². The van der Waals surface area contributed by atoms with E-state index < -0.39 is 0 Å². The zero-order valence-electron chi connectivity index (χ0n) is 14.4. The van der Waals surface area contributed by atoms with Gasteiger partial charge < -0.3 is 15.4 Å². The number of benzene rings is 2. The van der Waals surface area contributed by atoms with Gasteiger partial charge in [0, 0.05) is 13.1 Å².